The summed E-state index contributed by atoms with van der Waals surface area (Å²) in [5.41, 5.74) is 1.68. The first kappa shape index (κ1) is 8.15. The molecule has 64 valence electrons. The van der Waals surface area contributed by atoms with Gasteiger partial charge < -0.3 is 4.57 Å². The van der Waals surface area contributed by atoms with Crippen LogP contribution >= 0.6 is 11.6 Å². The van der Waals surface area contributed by atoms with E-state index in [4.69, 9.17) is 16.9 Å². The maximum absolute atomic E-state index is 8.82. The van der Waals surface area contributed by atoms with Crippen molar-refractivity contribution in [2.75, 3.05) is 0 Å². The van der Waals surface area contributed by atoms with Crippen LogP contribution in [0.5, 0.6) is 0 Å². The lowest BCUT2D eigenvalue weighted by molar-refractivity contribution is 0.967. The fourth-order valence-corrected chi connectivity index (χ4v) is 1.61. The van der Waals surface area contributed by atoms with Crippen molar-refractivity contribution in [1.82, 2.24) is 4.57 Å². The first-order valence-corrected chi connectivity index (χ1v) is 4.25. The third-order valence-corrected chi connectivity index (χ3v) is 2.31. The lowest BCUT2D eigenvalue weighted by atomic mass is 10.2. The zero-order valence-electron chi connectivity index (χ0n) is 7.08. The Morgan fingerprint density at radius 1 is 1.46 bits per heavy atom. The highest BCUT2D eigenvalue weighted by Gasteiger charge is 2.05. The first-order valence-electron chi connectivity index (χ1n) is 3.87. The van der Waals surface area contributed by atoms with Crippen molar-refractivity contribution in [3.8, 4) is 6.07 Å². The van der Waals surface area contributed by atoms with Gasteiger partial charge in [-0.05, 0) is 12.1 Å². The molecule has 0 N–H and O–H groups in total. The maximum Gasteiger partial charge on any atom is 0.101 e. The molecule has 1 aromatic heterocycles. The van der Waals surface area contributed by atoms with E-state index in [0.29, 0.717) is 10.6 Å². The zero-order chi connectivity index (χ0) is 9.42. The second-order valence-corrected chi connectivity index (χ2v) is 3.36. The number of fused-ring (bicyclic) bond motifs is 1. The number of aromatic nitrogens is 1. The smallest absolute Gasteiger partial charge is 0.101 e. The number of benzene rings is 1. The summed E-state index contributed by atoms with van der Waals surface area (Å²) in [5.74, 6) is 0. The van der Waals surface area contributed by atoms with E-state index in [1.807, 2.05) is 23.7 Å². The number of nitrogens with zero attached hydrogens (tertiary/aromatic N) is 2. The summed E-state index contributed by atoms with van der Waals surface area (Å²) >= 11 is 5.85. The molecule has 0 amide bonds. The predicted molar refractivity (Wildman–Crippen MR) is 52.6 cm³/mol. The average Bonchev–Trinajstić information content (AvgIpc) is 2.43. The number of nitriles is 1. The van der Waals surface area contributed by atoms with Crippen molar-refractivity contribution in [3.63, 3.8) is 0 Å². The zero-order valence-corrected chi connectivity index (χ0v) is 7.84. The van der Waals surface area contributed by atoms with Gasteiger partial charge in [0.05, 0.1) is 11.1 Å². The lowest BCUT2D eigenvalue weighted by Crippen LogP contribution is -1.82. The van der Waals surface area contributed by atoms with Crippen molar-refractivity contribution in [3.05, 3.63) is 35.0 Å². The van der Waals surface area contributed by atoms with Gasteiger partial charge in [-0.1, -0.05) is 17.7 Å². The summed E-state index contributed by atoms with van der Waals surface area (Å²) in [4.78, 5) is 0. The van der Waals surface area contributed by atoms with E-state index in [-0.39, 0.29) is 0 Å². The summed E-state index contributed by atoms with van der Waals surface area (Å²) in [7, 11) is 1.90. The number of hydrogen-bond acceptors (Lipinski definition) is 1. The molecule has 1 heterocycles. The molecule has 2 aromatic rings. The summed E-state index contributed by atoms with van der Waals surface area (Å²) < 4.78 is 1.90. The maximum atomic E-state index is 8.82. The predicted octanol–water partition coefficient (Wildman–Crippen LogP) is 2.70. The molecule has 0 unspecified atom stereocenters. The third kappa shape index (κ3) is 1.18. The van der Waals surface area contributed by atoms with E-state index in [9.17, 15) is 0 Å². The molecule has 2 rings (SSSR count). The molecular weight excluding hydrogens is 184 g/mol. The quantitative estimate of drug-likeness (QED) is 0.628. The molecule has 0 aliphatic carbocycles. The van der Waals surface area contributed by atoms with E-state index >= 15 is 0 Å². The van der Waals surface area contributed by atoms with Gasteiger partial charge in [-0.25, -0.2) is 0 Å². The molecule has 0 saturated carbocycles. The van der Waals surface area contributed by atoms with Gasteiger partial charge in [0.2, 0.25) is 0 Å². The van der Waals surface area contributed by atoms with E-state index < -0.39 is 0 Å². The van der Waals surface area contributed by atoms with Gasteiger partial charge in [0, 0.05) is 23.7 Å². The summed E-state index contributed by atoms with van der Waals surface area (Å²) in [6.45, 7) is 0. The topological polar surface area (TPSA) is 28.7 Å². The van der Waals surface area contributed by atoms with Gasteiger partial charge >= 0.3 is 0 Å². The molecule has 0 spiro atoms. The van der Waals surface area contributed by atoms with Crippen LogP contribution in [0.15, 0.2) is 24.4 Å². The summed E-state index contributed by atoms with van der Waals surface area (Å²) in [5, 5.41) is 10.5. The van der Waals surface area contributed by atoms with Crippen LogP contribution in [0.2, 0.25) is 5.02 Å². The van der Waals surface area contributed by atoms with Gasteiger partial charge in [0.1, 0.15) is 6.07 Å². The molecule has 0 atom stereocenters. The molecular formula is C10H7ClN2. The molecule has 3 heteroatoms. The molecule has 0 bridgehead atoms. The molecule has 0 aliphatic heterocycles. The van der Waals surface area contributed by atoms with E-state index in [0.717, 1.165) is 10.9 Å². The second-order valence-electron chi connectivity index (χ2n) is 2.93. The third-order valence-electron chi connectivity index (χ3n) is 2.07. The minimum absolute atomic E-state index is 0.689. The molecule has 0 aliphatic rings. The van der Waals surface area contributed by atoms with Crippen LogP contribution in [0.25, 0.3) is 10.9 Å². The van der Waals surface area contributed by atoms with Crippen molar-refractivity contribution in [2.45, 2.75) is 0 Å². The number of halogens is 1. The number of aryl methyl sites for hydroxylation is 1. The summed E-state index contributed by atoms with van der Waals surface area (Å²) in [6, 6.07) is 7.67. The van der Waals surface area contributed by atoms with Crippen LogP contribution < -0.4 is 0 Å². The molecule has 0 saturated heterocycles. The van der Waals surface area contributed by atoms with E-state index in [1.165, 1.54) is 0 Å². The Kier molecular flexibility index (Phi) is 1.75. The lowest BCUT2D eigenvalue weighted by Gasteiger charge is -1.95. The van der Waals surface area contributed by atoms with E-state index in [1.54, 1.807) is 12.3 Å². The Labute approximate surface area is 81.0 Å². The van der Waals surface area contributed by atoms with Crippen molar-refractivity contribution >= 4 is 22.5 Å². The Bertz CT molecular complexity index is 505. The van der Waals surface area contributed by atoms with Crippen LogP contribution in [0.3, 0.4) is 0 Å². The van der Waals surface area contributed by atoms with Crippen LogP contribution in [0.4, 0.5) is 0 Å². The van der Waals surface area contributed by atoms with Gasteiger partial charge in [-0.2, -0.15) is 5.26 Å². The van der Waals surface area contributed by atoms with Crippen LogP contribution in [-0.4, -0.2) is 4.57 Å². The van der Waals surface area contributed by atoms with Crippen LogP contribution in [0, 0.1) is 11.3 Å². The minimum atomic E-state index is 0.689. The van der Waals surface area contributed by atoms with Gasteiger partial charge in [0.15, 0.2) is 0 Å². The highest BCUT2D eigenvalue weighted by atomic mass is 35.5. The highest BCUT2D eigenvalue weighted by Crippen LogP contribution is 2.23. The summed E-state index contributed by atoms with van der Waals surface area (Å²) in [6.07, 6.45) is 1.81. The minimum Gasteiger partial charge on any atom is -0.349 e. The molecule has 13 heavy (non-hydrogen) atoms. The van der Waals surface area contributed by atoms with Crippen LogP contribution in [0.1, 0.15) is 5.56 Å². The van der Waals surface area contributed by atoms with Crippen molar-refractivity contribution < 1.29 is 0 Å². The Balaban J connectivity index is 2.90. The second kappa shape index (κ2) is 2.79. The SMILES string of the molecule is Cn1cc(C#N)c2ccc(Cl)cc21. The van der Waals surface area contributed by atoms with E-state index in [2.05, 4.69) is 6.07 Å². The fraction of sp³-hybridized carbons (Fsp3) is 0.100. The first-order chi connectivity index (χ1) is 6.22. The Morgan fingerprint density at radius 3 is 2.92 bits per heavy atom. The molecule has 2 nitrogen and oxygen atoms in total. The normalized spacial score (nSPS) is 10.2. The van der Waals surface area contributed by atoms with Crippen LogP contribution in [-0.2, 0) is 7.05 Å². The standard InChI is InChI=1S/C10H7ClN2/c1-13-6-7(5-12)9-3-2-8(11)4-10(9)13/h2-4,6H,1H3. The van der Waals surface area contributed by atoms with Crippen molar-refractivity contribution in [1.29, 1.82) is 5.26 Å². The van der Waals surface area contributed by atoms with Gasteiger partial charge in [0.25, 0.3) is 0 Å². The van der Waals surface area contributed by atoms with Crippen molar-refractivity contribution in [2.24, 2.45) is 7.05 Å². The average molecular weight is 191 g/mol. The fourth-order valence-electron chi connectivity index (χ4n) is 1.45. The van der Waals surface area contributed by atoms with Gasteiger partial charge in [-0.3, -0.25) is 0 Å². The molecule has 1 aromatic carbocycles. The Hall–Kier alpha value is -1.46. The molecule has 0 fully saturated rings. The number of hydrogen-bond donors (Lipinski definition) is 0. The highest BCUT2D eigenvalue weighted by molar-refractivity contribution is 6.31. The largest absolute Gasteiger partial charge is 0.349 e. The Morgan fingerprint density at radius 2 is 2.23 bits per heavy atom. The number of rotatable bonds is 0. The monoisotopic (exact) mass is 190 g/mol. The van der Waals surface area contributed by atoms with Gasteiger partial charge in [-0.15, -0.1) is 0 Å². The molecule has 0 radical (unpaired) electrons.